The normalized spacial score (nSPS) is 10.4. The summed E-state index contributed by atoms with van der Waals surface area (Å²) in [5.74, 6) is 0.812. The van der Waals surface area contributed by atoms with Crippen LogP contribution in [-0.4, -0.2) is 29.9 Å². The van der Waals surface area contributed by atoms with Crippen molar-refractivity contribution in [3.8, 4) is 5.75 Å². The quantitative estimate of drug-likeness (QED) is 0.615. The minimum atomic E-state index is -0.159. The number of amides is 2. The van der Waals surface area contributed by atoms with Crippen molar-refractivity contribution in [3.63, 3.8) is 0 Å². The van der Waals surface area contributed by atoms with Crippen molar-refractivity contribution in [2.45, 2.75) is 33.6 Å². The van der Waals surface area contributed by atoms with E-state index in [0.717, 1.165) is 29.7 Å². The smallest absolute Gasteiger partial charge is 0.234 e. The van der Waals surface area contributed by atoms with Crippen LogP contribution in [0, 0.1) is 0 Å². The van der Waals surface area contributed by atoms with Crippen LogP contribution in [0.3, 0.4) is 0 Å². The number of hydrogen-bond acceptors (Lipinski definition) is 4. The fraction of sp³-hybridized carbons (Fsp3) is 0.364. The standard InChI is InChI=1S/C22H28N2O3S/c1-4-16-10-9-11-17(5-2)22(16)24-21(26)15-28-14-20(25)23-18-12-7-8-13-19(18)27-6-3/h7-13H,4-6,14-15H2,1-3H3,(H,23,25)(H,24,26). The molecule has 0 radical (unpaired) electrons. The van der Waals surface area contributed by atoms with E-state index in [0.29, 0.717) is 18.0 Å². The summed E-state index contributed by atoms with van der Waals surface area (Å²) in [6.07, 6.45) is 1.72. The van der Waals surface area contributed by atoms with Crippen LogP contribution in [0.15, 0.2) is 42.5 Å². The van der Waals surface area contributed by atoms with Gasteiger partial charge >= 0.3 is 0 Å². The fourth-order valence-electron chi connectivity index (χ4n) is 2.85. The Morgan fingerprint density at radius 2 is 1.46 bits per heavy atom. The number of nitrogens with one attached hydrogen (secondary N) is 2. The summed E-state index contributed by atoms with van der Waals surface area (Å²) >= 11 is 1.29. The van der Waals surface area contributed by atoms with Gasteiger partial charge in [0, 0.05) is 5.69 Å². The van der Waals surface area contributed by atoms with Gasteiger partial charge in [0.15, 0.2) is 0 Å². The first-order chi connectivity index (χ1) is 13.6. The van der Waals surface area contributed by atoms with E-state index in [1.165, 1.54) is 11.8 Å². The Kier molecular flexibility index (Phi) is 8.88. The van der Waals surface area contributed by atoms with Crippen molar-refractivity contribution in [2.24, 2.45) is 0 Å². The number of anilines is 2. The summed E-state index contributed by atoms with van der Waals surface area (Å²) in [6, 6.07) is 13.4. The zero-order valence-corrected chi connectivity index (χ0v) is 17.5. The molecule has 2 aromatic rings. The summed E-state index contributed by atoms with van der Waals surface area (Å²) in [7, 11) is 0. The lowest BCUT2D eigenvalue weighted by Gasteiger charge is -2.14. The van der Waals surface area contributed by atoms with E-state index in [1.54, 1.807) is 6.07 Å². The van der Waals surface area contributed by atoms with Gasteiger partial charge in [0.25, 0.3) is 0 Å². The average molecular weight is 401 g/mol. The predicted molar refractivity (Wildman–Crippen MR) is 117 cm³/mol. The Labute approximate surface area is 171 Å². The number of carbonyl (C=O) groups is 2. The molecule has 0 fully saturated rings. The Morgan fingerprint density at radius 3 is 2.07 bits per heavy atom. The van der Waals surface area contributed by atoms with E-state index in [1.807, 2.05) is 43.3 Å². The monoisotopic (exact) mass is 400 g/mol. The highest BCUT2D eigenvalue weighted by Crippen LogP contribution is 2.24. The average Bonchev–Trinajstić information content (AvgIpc) is 2.69. The maximum Gasteiger partial charge on any atom is 0.234 e. The van der Waals surface area contributed by atoms with E-state index >= 15 is 0 Å². The van der Waals surface area contributed by atoms with E-state index in [2.05, 4.69) is 24.5 Å². The molecule has 0 aliphatic carbocycles. The Bertz CT molecular complexity index is 786. The Hall–Kier alpha value is -2.47. The minimum Gasteiger partial charge on any atom is -0.492 e. The highest BCUT2D eigenvalue weighted by atomic mass is 32.2. The zero-order valence-electron chi connectivity index (χ0n) is 16.7. The van der Waals surface area contributed by atoms with Crippen LogP contribution in [0.5, 0.6) is 5.75 Å². The second kappa shape index (κ2) is 11.4. The molecule has 2 N–H and O–H groups in total. The SMILES string of the molecule is CCOc1ccccc1NC(=O)CSCC(=O)Nc1c(CC)cccc1CC. The van der Waals surface area contributed by atoms with Crippen molar-refractivity contribution >= 4 is 35.0 Å². The summed E-state index contributed by atoms with van der Waals surface area (Å²) in [4.78, 5) is 24.5. The van der Waals surface area contributed by atoms with E-state index < -0.39 is 0 Å². The Morgan fingerprint density at radius 1 is 0.857 bits per heavy atom. The van der Waals surface area contributed by atoms with Crippen molar-refractivity contribution in [1.29, 1.82) is 0 Å². The van der Waals surface area contributed by atoms with Crippen LogP contribution in [-0.2, 0) is 22.4 Å². The lowest BCUT2D eigenvalue weighted by molar-refractivity contribution is -0.114. The topological polar surface area (TPSA) is 67.4 Å². The maximum absolute atomic E-state index is 12.3. The van der Waals surface area contributed by atoms with Crippen LogP contribution < -0.4 is 15.4 Å². The summed E-state index contributed by atoms with van der Waals surface area (Å²) < 4.78 is 5.50. The second-order valence-corrected chi connectivity index (χ2v) is 7.16. The number of para-hydroxylation sites is 3. The lowest BCUT2D eigenvalue weighted by atomic mass is 10.0. The zero-order chi connectivity index (χ0) is 20.4. The molecular formula is C22H28N2O3S. The number of benzene rings is 2. The van der Waals surface area contributed by atoms with Gasteiger partial charge in [0.2, 0.25) is 11.8 Å². The lowest BCUT2D eigenvalue weighted by Crippen LogP contribution is -2.20. The number of rotatable bonds is 10. The third kappa shape index (κ3) is 6.30. The number of hydrogen-bond donors (Lipinski definition) is 2. The molecule has 0 heterocycles. The molecule has 0 spiro atoms. The van der Waals surface area contributed by atoms with Crippen LogP contribution in [0.25, 0.3) is 0 Å². The number of ether oxygens (including phenoxy) is 1. The molecule has 2 amide bonds. The molecule has 28 heavy (non-hydrogen) atoms. The van der Waals surface area contributed by atoms with Gasteiger partial charge in [-0.1, -0.05) is 44.2 Å². The first-order valence-corrected chi connectivity index (χ1v) is 10.7. The van der Waals surface area contributed by atoms with Crippen molar-refractivity contribution in [1.82, 2.24) is 0 Å². The first kappa shape index (κ1) is 21.8. The molecule has 0 saturated heterocycles. The van der Waals surface area contributed by atoms with Crippen molar-refractivity contribution in [2.75, 3.05) is 28.7 Å². The largest absolute Gasteiger partial charge is 0.492 e. The van der Waals surface area contributed by atoms with Crippen molar-refractivity contribution in [3.05, 3.63) is 53.6 Å². The molecule has 6 heteroatoms. The molecule has 0 unspecified atom stereocenters. The van der Waals surface area contributed by atoms with E-state index in [4.69, 9.17) is 4.74 Å². The molecule has 5 nitrogen and oxygen atoms in total. The molecule has 0 saturated carbocycles. The van der Waals surface area contributed by atoms with Gasteiger partial charge in [-0.3, -0.25) is 9.59 Å². The molecule has 0 aromatic heterocycles. The van der Waals surface area contributed by atoms with Gasteiger partial charge in [-0.05, 0) is 43.0 Å². The summed E-state index contributed by atoms with van der Waals surface area (Å²) in [5.41, 5.74) is 3.81. The highest BCUT2D eigenvalue weighted by Gasteiger charge is 2.12. The molecule has 150 valence electrons. The molecule has 0 aliphatic heterocycles. The Balaban J connectivity index is 1.85. The van der Waals surface area contributed by atoms with Crippen LogP contribution in [0.2, 0.25) is 0 Å². The minimum absolute atomic E-state index is 0.0943. The molecular weight excluding hydrogens is 372 g/mol. The van der Waals surface area contributed by atoms with Gasteiger partial charge in [-0.25, -0.2) is 0 Å². The fourth-order valence-corrected chi connectivity index (χ4v) is 3.47. The highest BCUT2D eigenvalue weighted by molar-refractivity contribution is 8.00. The van der Waals surface area contributed by atoms with Gasteiger partial charge in [0.05, 0.1) is 23.8 Å². The van der Waals surface area contributed by atoms with Gasteiger partial charge in [-0.2, -0.15) is 0 Å². The molecule has 2 rings (SSSR count). The van der Waals surface area contributed by atoms with Gasteiger partial charge in [-0.15, -0.1) is 11.8 Å². The third-order valence-electron chi connectivity index (χ3n) is 4.19. The van der Waals surface area contributed by atoms with Crippen LogP contribution >= 0.6 is 11.8 Å². The van der Waals surface area contributed by atoms with Crippen molar-refractivity contribution < 1.29 is 14.3 Å². The molecule has 0 bridgehead atoms. The predicted octanol–water partition coefficient (Wildman–Crippen LogP) is 4.52. The number of thioether (sulfide) groups is 1. The second-order valence-electron chi connectivity index (χ2n) is 6.18. The third-order valence-corrected chi connectivity index (χ3v) is 5.12. The number of carbonyl (C=O) groups excluding carboxylic acids is 2. The van der Waals surface area contributed by atoms with E-state index in [-0.39, 0.29) is 23.3 Å². The van der Waals surface area contributed by atoms with E-state index in [9.17, 15) is 9.59 Å². The summed E-state index contributed by atoms with van der Waals surface area (Å²) in [6.45, 7) is 6.57. The molecule has 2 aromatic carbocycles. The molecule has 0 aliphatic rings. The van der Waals surface area contributed by atoms with Gasteiger partial charge in [0.1, 0.15) is 5.75 Å². The first-order valence-electron chi connectivity index (χ1n) is 9.59. The van der Waals surface area contributed by atoms with Crippen LogP contribution in [0.4, 0.5) is 11.4 Å². The van der Waals surface area contributed by atoms with Gasteiger partial charge < -0.3 is 15.4 Å². The maximum atomic E-state index is 12.3. The number of aryl methyl sites for hydroxylation is 2. The summed E-state index contributed by atoms with van der Waals surface area (Å²) in [5, 5.41) is 5.86. The molecule has 0 atom stereocenters. The van der Waals surface area contributed by atoms with Crippen LogP contribution in [0.1, 0.15) is 31.9 Å².